The number of aliphatic hydroxyl groups is 1. The van der Waals surface area contributed by atoms with Crippen LogP contribution >= 0.6 is 0 Å². The molecular formula is C9H16N2O2. The van der Waals surface area contributed by atoms with E-state index in [0.717, 1.165) is 0 Å². The smallest absolute Gasteiger partial charge is 0.156 e. The Balaban J connectivity index is 2.72. The molecule has 4 nitrogen and oxygen atoms in total. The number of methoxy groups -OCH3 is 1. The van der Waals surface area contributed by atoms with Crippen LogP contribution in [-0.4, -0.2) is 24.5 Å². The second kappa shape index (κ2) is 3.91. The van der Waals surface area contributed by atoms with Gasteiger partial charge in [-0.3, -0.25) is 5.73 Å². The fourth-order valence-electron chi connectivity index (χ4n) is 1.32. The van der Waals surface area contributed by atoms with Crippen LogP contribution in [0.4, 0.5) is 0 Å². The Hall–Kier alpha value is -0.840. The van der Waals surface area contributed by atoms with Gasteiger partial charge in [-0.25, -0.2) is 0 Å². The Morgan fingerprint density at radius 1 is 1.69 bits per heavy atom. The van der Waals surface area contributed by atoms with Crippen molar-refractivity contribution in [2.45, 2.75) is 12.1 Å². The molecular weight excluding hydrogens is 168 g/mol. The minimum Gasteiger partial charge on any atom is -0.402 e. The van der Waals surface area contributed by atoms with E-state index < -0.39 is 5.72 Å². The third kappa shape index (κ3) is 2.30. The highest BCUT2D eigenvalue weighted by Gasteiger charge is 2.24. The lowest BCUT2D eigenvalue weighted by Crippen LogP contribution is -2.41. The molecule has 1 rings (SSSR count). The van der Waals surface area contributed by atoms with Gasteiger partial charge in [0.2, 0.25) is 0 Å². The molecule has 0 amide bonds. The predicted molar refractivity (Wildman–Crippen MR) is 50.5 cm³/mol. The largest absolute Gasteiger partial charge is 0.402 e. The highest BCUT2D eigenvalue weighted by atomic mass is 16.5. The zero-order chi connectivity index (χ0) is 9.90. The molecule has 0 saturated heterocycles. The van der Waals surface area contributed by atoms with Crippen molar-refractivity contribution in [2.75, 3.05) is 13.7 Å². The predicted octanol–water partition coefficient (Wildman–Crippen LogP) is -0.301. The number of nitrogens with two attached hydrogens (primary N) is 2. The van der Waals surface area contributed by atoms with Gasteiger partial charge in [0, 0.05) is 25.3 Å². The normalized spacial score (nSPS) is 33.2. The Morgan fingerprint density at radius 2 is 2.38 bits per heavy atom. The summed E-state index contributed by atoms with van der Waals surface area (Å²) in [7, 11) is 1.53. The molecule has 0 spiro atoms. The molecule has 0 saturated carbocycles. The van der Waals surface area contributed by atoms with Gasteiger partial charge in [0.15, 0.2) is 5.72 Å². The van der Waals surface area contributed by atoms with E-state index in [1.807, 2.05) is 6.08 Å². The standard InChI is InChI=1S/C9H16N2O2/c1-13-9(11)4-2-7(3-5-12)8(10)6-9/h2,4,6-7,12H,3,5,10-11H2,1H3. The topological polar surface area (TPSA) is 81.5 Å². The van der Waals surface area contributed by atoms with Crippen LogP contribution < -0.4 is 11.5 Å². The van der Waals surface area contributed by atoms with Gasteiger partial charge in [-0.1, -0.05) is 6.08 Å². The van der Waals surface area contributed by atoms with Crippen LogP contribution in [0.5, 0.6) is 0 Å². The van der Waals surface area contributed by atoms with Crippen LogP contribution in [-0.2, 0) is 4.74 Å². The van der Waals surface area contributed by atoms with Gasteiger partial charge >= 0.3 is 0 Å². The minimum absolute atomic E-state index is 0.0804. The van der Waals surface area contributed by atoms with Crippen LogP contribution in [0.2, 0.25) is 0 Å². The van der Waals surface area contributed by atoms with Crippen LogP contribution in [0, 0.1) is 5.92 Å². The van der Waals surface area contributed by atoms with E-state index in [0.29, 0.717) is 12.1 Å². The summed E-state index contributed by atoms with van der Waals surface area (Å²) in [5.41, 5.74) is 11.3. The number of rotatable bonds is 3. The monoisotopic (exact) mass is 184 g/mol. The second-order valence-corrected chi connectivity index (χ2v) is 3.18. The molecule has 74 valence electrons. The molecule has 4 heteroatoms. The summed E-state index contributed by atoms with van der Waals surface area (Å²) in [5, 5.41) is 8.74. The molecule has 1 aliphatic rings. The molecule has 2 unspecified atom stereocenters. The molecule has 1 aliphatic carbocycles. The lowest BCUT2D eigenvalue weighted by molar-refractivity contribution is 0.0764. The van der Waals surface area contributed by atoms with E-state index >= 15 is 0 Å². The van der Waals surface area contributed by atoms with Crippen LogP contribution in [0.15, 0.2) is 23.9 Å². The van der Waals surface area contributed by atoms with Gasteiger partial charge in [0.1, 0.15) is 0 Å². The van der Waals surface area contributed by atoms with E-state index in [-0.39, 0.29) is 12.5 Å². The quantitative estimate of drug-likeness (QED) is 0.415. The third-order valence-electron chi connectivity index (χ3n) is 2.20. The van der Waals surface area contributed by atoms with E-state index in [1.54, 1.807) is 12.2 Å². The van der Waals surface area contributed by atoms with Crippen molar-refractivity contribution >= 4 is 0 Å². The summed E-state index contributed by atoms with van der Waals surface area (Å²) < 4.78 is 5.05. The number of allylic oxidation sites excluding steroid dienone is 1. The molecule has 0 bridgehead atoms. The molecule has 0 aromatic rings. The summed E-state index contributed by atoms with van der Waals surface area (Å²) in [6.07, 6.45) is 5.92. The maximum atomic E-state index is 8.74. The maximum absolute atomic E-state index is 8.74. The van der Waals surface area contributed by atoms with E-state index in [1.165, 1.54) is 7.11 Å². The van der Waals surface area contributed by atoms with Crippen molar-refractivity contribution < 1.29 is 9.84 Å². The van der Waals surface area contributed by atoms with Crippen LogP contribution in [0.3, 0.4) is 0 Å². The SMILES string of the molecule is COC1(N)C=CC(CCO)C(N)=C1. The maximum Gasteiger partial charge on any atom is 0.156 e. The Labute approximate surface area is 77.9 Å². The Bertz CT molecular complexity index is 238. The van der Waals surface area contributed by atoms with E-state index in [9.17, 15) is 0 Å². The average molecular weight is 184 g/mol. The zero-order valence-electron chi connectivity index (χ0n) is 7.73. The highest BCUT2D eigenvalue weighted by Crippen LogP contribution is 2.22. The Morgan fingerprint density at radius 3 is 2.85 bits per heavy atom. The summed E-state index contributed by atoms with van der Waals surface area (Å²) in [6, 6.07) is 0. The van der Waals surface area contributed by atoms with Crippen molar-refractivity contribution in [3.8, 4) is 0 Å². The van der Waals surface area contributed by atoms with E-state index in [2.05, 4.69) is 0 Å². The highest BCUT2D eigenvalue weighted by molar-refractivity contribution is 5.26. The summed E-state index contributed by atoms with van der Waals surface area (Å²) in [5.74, 6) is 0.0804. The van der Waals surface area contributed by atoms with Crippen molar-refractivity contribution in [3.05, 3.63) is 23.9 Å². The van der Waals surface area contributed by atoms with Crippen molar-refractivity contribution in [1.82, 2.24) is 0 Å². The summed E-state index contributed by atoms with van der Waals surface area (Å²) in [6.45, 7) is 0.119. The molecule has 0 aliphatic heterocycles. The molecule has 0 radical (unpaired) electrons. The molecule has 2 atom stereocenters. The van der Waals surface area contributed by atoms with Gasteiger partial charge in [0.25, 0.3) is 0 Å². The van der Waals surface area contributed by atoms with Crippen molar-refractivity contribution in [1.29, 1.82) is 0 Å². The molecule has 13 heavy (non-hydrogen) atoms. The molecule has 5 N–H and O–H groups in total. The van der Waals surface area contributed by atoms with Gasteiger partial charge < -0.3 is 15.6 Å². The fraction of sp³-hybridized carbons (Fsp3) is 0.556. The average Bonchev–Trinajstić information content (AvgIpc) is 2.11. The lowest BCUT2D eigenvalue weighted by atomic mass is 9.93. The van der Waals surface area contributed by atoms with Gasteiger partial charge in [-0.05, 0) is 18.6 Å². The van der Waals surface area contributed by atoms with Crippen LogP contribution in [0.25, 0.3) is 0 Å². The van der Waals surface area contributed by atoms with Gasteiger partial charge in [0.05, 0.1) is 0 Å². The molecule has 0 aromatic carbocycles. The molecule has 0 aromatic heterocycles. The summed E-state index contributed by atoms with van der Waals surface area (Å²) in [4.78, 5) is 0. The second-order valence-electron chi connectivity index (χ2n) is 3.18. The van der Waals surface area contributed by atoms with Gasteiger partial charge in [-0.2, -0.15) is 0 Å². The first kappa shape index (κ1) is 10.2. The van der Waals surface area contributed by atoms with Crippen LogP contribution in [0.1, 0.15) is 6.42 Å². The zero-order valence-corrected chi connectivity index (χ0v) is 7.73. The third-order valence-corrected chi connectivity index (χ3v) is 2.20. The van der Waals surface area contributed by atoms with Crippen molar-refractivity contribution in [2.24, 2.45) is 17.4 Å². The van der Waals surface area contributed by atoms with E-state index in [4.69, 9.17) is 21.3 Å². The first-order valence-corrected chi connectivity index (χ1v) is 4.24. The first-order chi connectivity index (χ1) is 6.11. The molecule has 0 fully saturated rings. The fourth-order valence-corrected chi connectivity index (χ4v) is 1.32. The first-order valence-electron chi connectivity index (χ1n) is 4.24. The number of ether oxygens (including phenoxy) is 1. The van der Waals surface area contributed by atoms with Crippen molar-refractivity contribution in [3.63, 3.8) is 0 Å². The summed E-state index contributed by atoms with van der Waals surface area (Å²) >= 11 is 0. The lowest BCUT2D eigenvalue weighted by Gasteiger charge is -2.27. The van der Waals surface area contributed by atoms with Gasteiger partial charge in [-0.15, -0.1) is 0 Å². The molecule has 0 heterocycles. The minimum atomic E-state index is -0.879. The Kier molecular flexibility index (Phi) is 3.08. The number of aliphatic hydroxyl groups excluding tert-OH is 1. The number of hydrogen-bond acceptors (Lipinski definition) is 4. The number of hydrogen-bond donors (Lipinski definition) is 3.